The van der Waals surface area contributed by atoms with E-state index in [1.165, 1.54) is 5.56 Å². The first-order valence-corrected chi connectivity index (χ1v) is 11.2. The Bertz CT molecular complexity index is 1140. The largest absolute Gasteiger partial charge is 0.493 e. The number of benzene rings is 3. The van der Waals surface area contributed by atoms with Crippen LogP contribution in [0.1, 0.15) is 44.3 Å². The van der Waals surface area contributed by atoms with Crippen LogP contribution in [0.25, 0.3) is 0 Å². The van der Waals surface area contributed by atoms with E-state index in [4.69, 9.17) is 9.47 Å². The van der Waals surface area contributed by atoms with Gasteiger partial charge in [-0.1, -0.05) is 42.0 Å². The fourth-order valence-electron chi connectivity index (χ4n) is 3.79. The minimum atomic E-state index is -0.165. The maximum atomic E-state index is 13.3. The Morgan fingerprint density at radius 3 is 2.64 bits per heavy atom. The van der Waals surface area contributed by atoms with Gasteiger partial charge in [0.25, 0.3) is 11.8 Å². The van der Waals surface area contributed by atoms with Crippen molar-refractivity contribution in [1.29, 1.82) is 0 Å². The standard InChI is InChI=1S/C27H28N2O4/c1-3-32-25-7-5-4-6-23(25)27(31)29-14-15-33-24-13-12-21(16-22(24)18-29)26(30)28-17-20-10-8-19(2)9-11-20/h4-13,16H,3,14-15,17-18H2,1-2H3,(H,28,30). The van der Waals surface area contributed by atoms with E-state index in [0.717, 1.165) is 11.1 Å². The Morgan fingerprint density at radius 1 is 1.06 bits per heavy atom. The molecule has 0 saturated carbocycles. The van der Waals surface area contributed by atoms with E-state index in [9.17, 15) is 9.59 Å². The molecule has 2 amide bonds. The maximum Gasteiger partial charge on any atom is 0.258 e. The molecule has 0 atom stereocenters. The molecule has 1 aliphatic heterocycles. The second kappa shape index (κ2) is 10.2. The number of hydrogen-bond donors (Lipinski definition) is 1. The van der Waals surface area contributed by atoms with E-state index < -0.39 is 0 Å². The molecule has 33 heavy (non-hydrogen) atoms. The molecule has 0 saturated heterocycles. The van der Waals surface area contributed by atoms with Crippen LogP contribution in [0.4, 0.5) is 0 Å². The van der Waals surface area contributed by atoms with Crippen molar-refractivity contribution >= 4 is 11.8 Å². The summed E-state index contributed by atoms with van der Waals surface area (Å²) in [6.07, 6.45) is 0. The normalized spacial score (nSPS) is 12.8. The van der Waals surface area contributed by atoms with E-state index >= 15 is 0 Å². The third kappa shape index (κ3) is 5.34. The summed E-state index contributed by atoms with van der Waals surface area (Å²) in [5, 5.41) is 2.96. The second-order valence-electron chi connectivity index (χ2n) is 8.00. The zero-order valence-corrected chi connectivity index (χ0v) is 19.0. The number of nitrogens with zero attached hydrogens (tertiary/aromatic N) is 1. The number of ether oxygens (including phenoxy) is 2. The predicted octanol–water partition coefficient (Wildman–Crippen LogP) is 4.36. The van der Waals surface area contributed by atoms with Gasteiger partial charge in [0.2, 0.25) is 0 Å². The first-order chi connectivity index (χ1) is 16.0. The summed E-state index contributed by atoms with van der Waals surface area (Å²) >= 11 is 0. The Morgan fingerprint density at radius 2 is 1.85 bits per heavy atom. The van der Waals surface area contributed by atoms with Gasteiger partial charge in [0.15, 0.2) is 0 Å². The van der Waals surface area contributed by atoms with Crippen molar-refractivity contribution in [1.82, 2.24) is 10.2 Å². The van der Waals surface area contributed by atoms with Gasteiger partial charge in [0, 0.05) is 24.2 Å². The second-order valence-corrected chi connectivity index (χ2v) is 8.00. The molecule has 6 heteroatoms. The fraction of sp³-hybridized carbons (Fsp3) is 0.259. The van der Waals surface area contributed by atoms with Gasteiger partial charge in [-0.25, -0.2) is 0 Å². The van der Waals surface area contributed by atoms with Crippen LogP contribution >= 0.6 is 0 Å². The first kappa shape index (κ1) is 22.4. The molecular weight excluding hydrogens is 416 g/mol. The van der Waals surface area contributed by atoms with Crippen LogP contribution in [0.3, 0.4) is 0 Å². The van der Waals surface area contributed by atoms with Crippen LogP contribution in [-0.2, 0) is 13.1 Å². The van der Waals surface area contributed by atoms with Crippen molar-refractivity contribution in [3.05, 3.63) is 94.5 Å². The molecule has 0 bridgehead atoms. The average Bonchev–Trinajstić information content (AvgIpc) is 3.05. The van der Waals surface area contributed by atoms with Crippen molar-refractivity contribution in [2.75, 3.05) is 19.8 Å². The molecule has 0 spiro atoms. The molecule has 0 fully saturated rings. The van der Waals surface area contributed by atoms with Crippen molar-refractivity contribution in [3.8, 4) is 11.5 Å². The lowest BCUT2D eigenvalue weighted by atomic mass is 10.1. The molecule has 0 aliphatic carbocycles. The zero-order valence-electron chi connectivity index (χ0n) is 19.0. The molecule has 0 unspecified atom stereocenters. The number of hydrogen-bond acceptors (Lipinski definition) is 4. The number of nitrogens with one attached hydrogen (secondary N) is 1. The van der Waals surface area contributed by atoms with Gasteiger partial charge < -0.3 is 19.7 Å². The summed E-state index contributed by atoms with van der Waals surface area (Å²) < 4.78 is 11.5. The van der Waals surface area contributed by atoms with Gasteiger partial charge in [0.1, 0.15) is 18.1 Å². The molecule has 0 radical (unpaired) electrons. The number of amides is 2. The zero-order chi connectivity index (χ0) is 23.2. The molecular formula is C27H28N2O4. The topological polar surface area (TPSA) is 67.9 Å². The highest BCUT2D eigenvalue weighted by Gasteiger charge is 2.24. The van der Waals surface area contributed by atoms with Gasteiger partial charge in [-0.3, -0.25) is 9.59 Å². The summed E-state index contributed by atoms with van der Waals surface area (Å²) in [6.45, 7) is 6.04. The summed E-state index contributed by atoms with van der Waals surface area (Å²) in [6, 6.07) is 20.7. The third-order valence-electron chi connectivity index (χ3n) is 5.58. The lowest BCUT2D eigenvalue weighted by molar-refractivity contribution is 0.0729. The molecule has 4 rings (SSSR count). The van der Waals surface area contributed by atoms with Crippen molar-refractivity contribution in [2.24, 2.45) is 0 Å². The number of aryl methyl sites for hydroxylation is 1. The van der Waals surface area contributed by atoms with Crippen LogP contribution in [0.15, 0.2) is 66.7 Å². The average molecular weight is 445 g/mol. The van der Waals surface area contributed by atoms with Gasteiger partial charge in [-0.15, -0.1) is 0 Å². The van der Waals surface area contributed by atoms with Gasteiger partial charge >= 0.3 is 0 Å². The predicted molar refractivity (Wildman–Crippen MR) is 127 cm³/mol. The monoisotopic (exact) mass is 444 g/mol. The molecule has 1 heterocycles. The highest BCUT2D eigenvalue weighted by atomic mass is 16.5. The Kier molecular flexibility index (Phi) is 6.93. The van der Waals surface area contributed by atoms with Crippen LogP contribution < -0.4 is 14.8 Å². The molecule has 170 valence electrons. The fourth-order valence-corrected chi connectivity index (χ4v) is 3.79. The molecule has 3 aromatic carbocycles. The van der Waals surface area contributed by atoms with Crippen molar-refractivity contribution in [3.63, 3.8) is 0 Å². The van der Waals surface area contributed by atoms with E-state index in [0.29, 0.717) is 55.5 Å². The number of carbonyl (C=O) groups excluding carboxylic acids is 2. The molecule has 0 aromatic heterocycles. The molecule has 1 aliphatic rings. The van der Waals surface area contributed by atoms with Gasteiger partial charge in [-0.2, -0.15) is 0 Å². The quantitative estimate of drug-likeness (QED) is 0.614. The van der Waals surface area contributed by atoms with Crippen LogP contribution in [0.2, 0.25) is 0 Å². The summed E-state index contributed by atoms with van der Waals surface area (Å²) in [7, 11) is 0. The van der Waals surface area contributed by atoms with Crippen molar-refractivity contribution in [2.45, 2.75) is 26.9 Å². The number of rotatable bonds is 6. The summed E-state index contributed by atoms with van der Waals surface area (Å²) in [4.78, 5) is 27.8. The first-order valence-electron chi connectivity index (χ1n) is 11.2. The van der Waals surface area contributed by atoms with Crippen molar-refractivity contribution < 1.29 is 19.1 Å². The Balaban J connectivity index is 1.49. The lowest BCUT2D eigenvalue weighted by Gasteiger charge is -2.21. The number of para-hydroxylation sites is 1. The van der Waals surface area contributed by atoms with Crippen LogP contribution in [-0.4, -0.2) is 36.5 Å². The highest BCUT2D eigenvalue weighted by Crippen LogP contribution is 2.27. The van der Waals surface area contributed by atoms with Crippen LogP contribution in [0.5, 0.6) is 11.5 Å². The Labute approximate surface area is 194 Å². The smallest absolute Gasteiger partial charge is 0.258 e. The third-order valence-corrected chi connectivity index (χ3v) is 5.58. The summed E-state index contributed by atoms with van der Waals surface area (Å²) in [5.41, 5.74) is 4.08. The highest BCUT2D eigenvalue weighted by molar-refractivity contribution is 5.97. The minimum Gasteiger partial charge on any atom is -0.493 e. The minimum absolute atomic E-state index is 0.121. The molecule has 1 N–H and O–H groups in total. The van der Waals surface area contributed by atoms with Crippen LogP contribution in [0, 0.1) is 6.92 Å². The van der Waals surface area contributed by atoms with Gasteiger partial charge in [0.05, 0.1) is 18.7 Å². The molecule has 3 aromatic rings. The van der Waals surface area contributed by atoms with E-state index in [1.807, 2.05) is 50.2 Å². The van der Waals surface area contributed by atoms with E-state index in [-0.39, 0.29) is 11.8 Å². The number of carbonyl (C=O) groups is 2. The SMILES string of the molecule is CCOc1ccccc1C(=O)N1CCOc2ccc(C(=O)NCc3ccc(C)cc3)cc2C1. The summed E-state index contributed by atoms with van der Waals surface area (Å²) in [5.74, 6) is 0.977. The lowest BCUT2D eigenvalue weighted by Crippen LogP contribution is -2.32. The number of fused-ring (bicyclic) bond motifs is 1. The van der Waals surface area contributed by atoms with Gasteiger partial charge in [-0.05, 0) is 49.7 Å². The Hall–Kier alpha value is -3.80. The maximum absolute atomic E-state index is 13.3. The molecule has 6 nitrogen and oxygen atoms in total. The van der Waals surface area contributed by atoms with E-state index in [2.05, 4.69) is 5.32 Å². The van der Waals surface area contributed by atoms with E-state index in [1.54, 1.807) is 35.2 Å².